The number of carbonyl (C=O) groups excluding carboxylic acids is 1. The highest BCUT2D eigenvalue weighted by atomic mass is 16.1. The van der Waals surface area contributed by atoms with Gasteiger partial charge in [0.1, 0.15) is 0 Å². The highest BCUT2D eigenvalue weighted by Crippen LogP contribution is 2.38. The van der Waals surface area contributed by atoms with Crippen LogP contribution < -0.4 is 16.8 Å². The molecule has 5 N–H and O–H groups in total. The van der Waals surface area contributed by atoms with E-state index in [1.165, 1.54) is 0 Å². The van der Waals surface area contributed by atoms with Gasteiger partial charge in [0.25, 0.3) is 5.91 Å². The number of anilines is 3. The van der Waals surface area contributed by atoms with Gasteiger partial charge in [-0.1, -0.05) is 60.7 Å². The molecule has 0 aliphatic rings. The standard InChI is InChI=1S/C29H29N3O/c1-17-15-23(25(19(3)27(17)30)21-11-7-5-8-12-21)29(33)32-24-16-18(2)28(31)20(4)26(24)22-13-9-6-10-14-22/h5-16H,30-31H2,1-4H3,(H,32,33). The summed E-state index contributed by atoms with van der Waals surface area (Å²) in [6.45, 7) is 7.85. The number of carbonyl (C=O) groups is 1. The van der Waals surface area contributed by atoms with Crippen LogP contribution in [-0.4, -0.2) is 5.91 Å². The summed E-state index contributed by atoms with van der Waals surface area (Å²) in [7, 11) is 0. The molecule has 0 atom stereocenters. The minimum absolute atomic E-state index is 0.180. The van der Waals surface area contributed by atoms with E-state index in [0.717, 1.165) is 55.9 Å². The molecular formula is C29H29N3O. The van der Waals surface area contributed by atoms with Crippen molar-refractivity contribution in [1.82, 2.24) is 0 Å². The first-order valence-corrected chi connectivity index (χ1v) is 11.0. The van der Waals surface area contributed by atoms with Crippen molar-refractivity contribution >= 4 is 23.0 Å². The van der Waals surface area contributed by atoms with E-state index in [2.05, 4.69) is 5.32 Å². The minimum atomic E-state index is -0.180. The first-order valence-electron chi connectivity index (χ1n) is 11.0. The molecule has 0 aromatic heterocycles. The summed E-state index contributed by atoms with van der Waals surface area (Å²) < 4.78 is 0. The average molecular weight is 436 g/mol. The van der Waals surface area contributed by atoms with Gasteiger partial charge in [0, 0.05) is 28.2 Å². The maximum absolute atomic E-state index is 13.7. The second-order valence-corrected chi connectivity index (χ2v) is 8.50. The van der Waals surface area contributed by atoms with Crippen molar-refractivity contribution in [1.29, 1.82) is 0 Å². The number of rotatable bonds is 4. The summed E-state index contributed by atoms with van der Waals surface area (Å²) in [5.41, 5.74) is 22.9. The molecule has 0 unspecified atom stereocenters. The van der Waals surface area contributed by atoms with Crippen LogP contribution in [0.25, 0.3) is 22.3 Å². The Kier molecular flexibility index (Phi) is 5.93. The third-order valence-corrected chi connectivity index (χ3v) is 6.29. The minimum Gasteiger partial charge on any atom is -0.398 e. The SMILES string of the molecule is Cc1cc(NC(=O)c2cc(C)c(N)c(C)c2-c2ccccc2)c(-c2ccccc2)c(C)c1N. The van der Waals surface area contributed by atoms with Crippen LogP contribution in [0.2, 0.25) is 0 Å². The lowest BCUT2D eigenvalue weighted by Gasteiger charge is -2.20. The lowest BCUT2D eigenvalue weighted by atomic mass is 9.90. The zero-order valence-electron chi connectivity index (χ0n) is 19.5. The van der Waals surface area contributed by atoms with E-state index >= 15 is 0 Å². The Hall–Kier alpha value is -4.05. The van der Waals surface area contributed by atoms with Crippen LogP contribution in [0, 0.1) is 27.7 Å². The molecule has 0 saturated heterocycles. The molecule has 0 bridgehead atoms. The second-order valence-electron chi connectivity index (χ2n) is 8.50. The second kappa shape index (κ2) is 8.83. The predicted octanol–water partition coefficient (Wildman–Crippen LogP) is 6.67. The zero-order chi connectivity index (χ0) is 23.7. The first-order chi connectivity index (χ1) is 15.8. The normalized spacial score (nSPS) is 10.8. The largest absolute Gasteiger partial charge is 0.398 e. The van der Waals surface area contributed by atoms with Gasteiger partial charge >= 0.3 is 0 Å². The molecule has 4 rings (SSSR count). The zero-order valence-corrected chi connectivity index (χ0v) is 19.5. The molecule has 166 valence electrons. The number of nitrogens with one attached hydrogen (secondary N) is 1. The molecule has 0 saturated carbocycles. The third-order valence-electron chi connectivity index (χ3n) is 6.29. The quantitative estimate of drug-likeness (QED) is 0.313. The summed E-state index contributed by atoms with van der Waals surface area (Å²) in [6, 6.07) is 23.7. The van der Waals surface area contributed by atoms with Crippen LogP contribution in [0.1, 0.15) is 32.6 Å². The summed E-state index contributed by atoms with van der Waals surface area (Å²) >= 11 is 0. The topological polar surface area (TPSA) is 81.1 Å². The van der Waals surface area contributed by atoms with E-state index in [1.54, 1.807) is 0 Å². The van der Waals surface area contributed by atoms with Gasteiger partial charge in [-0.25, -0.2) is 0 Å². The van der Waals surface area contributed by atoms with Crippen molar-refractivity contribution in [3.05, 3.63) is 101 Å². The summed E-state index contributed by atoms with van der Waals surface area (Å²) in [6.07, 6.45) is 0. The number of benzene rings is 4. The summed E-state index contributed by atoms with van der Waals surface area (Å²) in [5, 5.41) is 3.18. The molecule has 4 nitrogen and oxygen atoms in total. The van der Waals surface area contributed by atoms with Gasteiger partial charge in [-0.05, 0) is 78.8 Å². The van der Waals surface area contributed by atoms with Crippen LogP contribution >= 0.6 is 0 Å². The maximum Gasteiger partial charge on any atom is 0.256 e. The van der Waals surface area contributed by atoms with E-state index in [4.69, 9.17) is 11.5 Å². The van der Waals surface area contributed by atoms with Crippen molar-refractivity contribution in [2.75, 3.05) is 16.8 Å². The fraction of sp³-hybridized carbons (Fsp3) is 0.138. The van der Waals surface area contributed by atoms with Gasteiger partial charge in [-0.15, -0.1) is 0 Å². The van der Waals surface area contributed by atoms with E-state index in [-0.39, 0.29) is 5.91 Å². The molecule has 0 heterocycles. The van der Waals surface area contributed by atoms with Gasteiger partial charge in [-0.3, -0.25) is 4.79 Å². The lowest BCUT2D eigenvalue weighted by Crippen LogP contribution is -2.16. The Bertz CT molecular complexity index is 1340. The first kappa shape index (κ1) is 22.2. The Morgan fingerprint density at radius 2 is 1.12 bits per heavy atom. The van der Waals surface area contributed by atoms with Gasteiger partial charge in [0.2, 0.25) is 0 Å². The summed E-state index contributed by atoms with van der Waals surface area (Å²) in [5.74, 6) is -0.180. The van der Waals surface area contributed by atoms with Crippen LogP contribution in [0.5, 0.6) is 0 Å². The molecule has 4 aromatic rings. The van der Waals surface area contributed by atoms with Crippen molar-refractivity contribution in [2.45, 2.75) is 27.7 Å². The predicted molar refractivity (Wildman–Crippen MR) is 139 cm³/mol. The van der Waals surface area contributed by atoms with Crippen LogP contribution in [0.4, 0.5) is 17.1 Å². The lowest BCUT2D eigenvalue weighted by molar-refractivity contribution is 0.102. The Morgan fingerprint density at radius 3 is 1.67 bits per heavy atom. The number of hydrogen-bond acceptors (Lipinski definition) is 3. The Labute approximate surface area is 195 Å². The molecule has 4 heteroatoms. The fourth-order valence-electron chi connectivity index (χ4n) is 4.42. The van der Waals surface area contributed by atoms with E-state index in [0.29, 0.717) is 11.3 Å². The van der Waals surface area contributed by atoms with Crippen molar-refractivity contribution in [2.24, 2.45) is 0 Å². The third kappa shape index (κ3) is 4.08. The fourth-order valence-corrected chi connectivity index (χ4v) is 4.42. The summed E-state index contributed by atoms with van der Waals surface area (Å²) in [4.78, 5) is 13.7. The molecule has 1 amide bonds. The molecule has 0 aliphatic heterocycles. The number of nitrogens with two attached hydrogens (primary N) is 2. The average Bonchev–Trinajstić information content (AvgIpc) is 2.82. The molecule has 0 fully saturated rings. The van der Waals surface area contributed by atoms with Crippen molar-refractivity contribution < 1.29 is 4.79 Å². The van der Waals surface area contributed by atoms with E-state index in [9.17, 15) is 4.79 Å². The number of hydrogen-bond donors (Lipinski definition) is 3. The number of nitrogen functional groups attached to an aromatic ring is 2. The van der Waals surface area contributed by atoms with Crippen molar-refractivity contribution in [3.8, 4) is 22.3 Å². The Morgan fingerprint density at radius 1 is 0.667 bits per heavy atom. The van der Waals surface area contributed by atoms with Gasteiger partial charge < -0.3 is 16.8 Å². The van der Waals surface area contributed by atoms with Gasteiger partial charge in [0.15, 0.2) is 0 Å². The van der Waals surface area contributed by atoms with Crippen LogP contribution in [0.3, 0.4) is 0 Å². The molecule has 0 radical (unpaired) electrons. The van der Waals surface area contributed by atoms with Crippen molar-refractivity contribution in [3.63, 3.8) is 0 Å². The van der Waals surface area contributed by atoms with Gasteiger partial charge in [0.05, 0.1) is 0 Å². The number of aryl methyl sites for hydroxylation is 2. The van der Waals surface area contributed by atoms with Crippen LogP contribution in [0.15, 0.2) is 72.8 Å². The molecule has 0 aliphatic carbocycles. The maximum atomic E-state index is 13.7. The van der Waals surface area contributed by atoms with Gasteiger partial charge in [-0.2, -0.15) is 0 Å². The van der Waals surface area contributed by atoms with E-state index in [1.807, 2.05) is 100 Å². The molecule has 4 aromatic carbocycles. The number of amides is 1. The monoisotopic (exact) mass is 435 g/mol. The molecule has 33 heavy (non-hydrogen) atoms. The highest BCUT2D eigenvalue weighted by Gasteiger charge is 2.21. The molecule has 0 spiro atoms. The molecular weight excluding hydrogens is 406 g/mol. The highest BCUT2D eigenvalue weighted by molar-refractivity contribution is 6.12. The Balaban J connectivity index is 1.87. The smallest absolute Gasteiger partial charge is 0.256 e. The van der Waals surface area contributed by atoms with E-state index < -0.39 is 0 Å². The van der Waals surface area contributed by atoms with Crippen LogP contribution in [-0.2, 0) is 0 Å².